The third-order valence-corrected chi connectivity index (χ3v) is 5.15. The summed E-state index contributed by atoms with van der Waals surface area (Å²) >= 11 is 0. The van der Waals surface area contributed by atoms with E-state index in [2.05, 4.69) is 39.1 Å². The van der Waals surface area contributed by atoms with Gasteiger partial charge in [-0.3, -0.25) is 4.99 Å². The molecular weight excluding hydrogens is 493 g/mol. The Balaban J connectivity index is 0.00000729. The Hall–Kier alpha value is -0.170. The number of halogens is 1. The number of likely N-dealkylation sites (tertiary alicyclic amines) is 1. The first kappa shape index (κ1) is 27.8. The highest BCUT2D eigenvalue weighted by Crippen LogP contribution is 2.10. The summed E-state index contributed by atoms with van der Waals surface area (Å²) in [6.45, 7) is 14.8. The van der Waals surface area contributed by atoms with E-state index in [1.807, 2.05) is 20.8 Å². The summed E-state index contributed by atoms with van der Waals surface area (Å²) in [5.41, 5.74) is -0.629. The molecule has 0 radical (unpaired) electrons. The molecule has 0 atom stereocenters. The lowest BCUT2D eigenvalue weighted by Crippen LogP contribution is -2.50. The van der Waals surface area contributed by atoms with E-state index < -0.39 is 15.6 Å². The molecule has 0 aliphatic carbocycles. The number of piperidine rings is 1. The third-order valence-electron chi connectivity index (χ3n) is 4.23. The van der Waals surface area contributed by atoms with Gasteiger partial charge in [0.1, 0.15) is 0 Å². The minimum atomic E-state index is -3.26. The standard InChI is InChI=1S/C18H39N5O3S.HI/c1-7-19-17(20-14-18(4,5)22-27(6,24)25)21-16-8-10-23(11-9-16)12-13-26-15(2)3;/h15-16,22H,7-14H2,1-6H3,(H2,19,20,21);1H. The van der Waals surface area contributed by atoms with Gasteiger partial charge in [-0.1, -0.05) is 0 Å². The van der Waals surface area contributed by atoms with Crippen molar-refractivity contribution in [2.24, 2.45) is 4.99 Å². The van der Waals surface area contributed by atoms with E-state index in [-0.39, 0.29) is 30.1 Å². The van der Waals surface area contributed by atoms with Gasteiger partial charge in [-0.25, -0.2) is 13.1 Å². The van der Waals surface area contributed by atoms with Crippen LogP contribution in [0.2, 0.25) is 0 Å². The average Bonchev–Trinajstić information content (AvgIpc) is 2.52. The van der Waals surface area contributed by atoms with E-state index in [1.165, 1.54) is 6.26 Å². The highest BCUT2D eigenvalue weighted by molar-refractivity contribution is 14.0. The minimum absolute atomic E-state index is 0. The van der Waals surface area contributed by atoms with Gasteiger partial charge in [0.05, 0.1) is 25.5 Å². The number of sulfonamides is 1. The lowest BCUT2D eigenvalue weighted by molar-refractivity contribution is 0.0532. The summed E-state index contributed by atoms with van der Waals surface area (Å²) < 4.78 is 31.2. The zero-order valence-corrected chi connectivity index (χ0v) is 21.4. The largest absolute Gasteiger partial charge is 0.377 e. The SMILES string of the molecule is CCNC(=NCC(C)(C)NS(C)(=O)=O)NC1CCN(CCOC(C)C)CC1.I. The molecule has 0 aromatic heterocycles. The number of ether oxygens (including phenoxy) is 1. The zero-order valence-electron chi connectivity index (χ0n) is 18.2. The summed E-state index contributed by atoms with van der Waals surface area (Å²) in [6.07, 6.45) is 3.56. The van der Waals surface area contributed by atoms with Gasteiger partial charge >= 0.3 is 0 Å². The number of guanidine groups is 1. The van der Waals surface area contributed by atoms with Gasteiger partial charge in [0, 0.05) is 37.8 Å². The molecule has 0 aromatic rings. The van der Waals surface area contributed by atoms with Crippen LogP contribution in [0.1, 0.15) is 47.5 Å². The van der Waals surface area contributed by atoms with Crippen LogP contribution in [-0.4, -0.2) is 82.5 Å². The molecule has 3 N–H and O–H groups in total. The van der Waals surface area contributed by atoms with E-state index in [0.29, 0.717) is 12.6 Å². The van der Waals surface area contributed by atoms with Gasteiger partial charge in [0.15, 0.2) is 5.96 Å². The third kappa shape index (κ3) is 13.1. The average molecular weight is 534 g/mol. The Morgan fingerprint density at radius 3 is 2.39 bits per heavy atom. The van der Waals surface area contributed by atoms with Crippen molar-refractivity contribution in [2.75, 3.05) is 45.6 Å². The second kappa shape index (κ2) is 13.2. The molecule has 1 aliphatic rings. The first-order valence-electron chi connectivity index (χ1n) is 9.88. The number of nitrogens with one attached hydrogen (secondary N) is 3. The van der Waals surface area contributed by atoms with Gasteiger partial charge in [0.2, 0.25) is 10.0 Å². The molecule has 1 aliphatic heterocycles. The van der Waals surface area contributed by atoms with Gasteiger partial charge < -0.3 is 20.3 Å². The summed E-state index contributed by atoms with van der Waals surface area (Å²) in [7, 11) is -3.26. The van der Waals surface area contributed by atoms with Gasteiger partial charge in [-0.2, -0.15) is 0 Å². The summed E-state index contributed by atoms with van der Waals surface area (Å²) in [5, 5.41) is 6.74. The van der Waals surface area contributed by atoms with E-state index >= 15 is 0 Å². The highest BCUT2D eigenvalue weighted by atomic mass is 127. The molecule has 0 saturated carbocycles. The molecule has 168 valence electrons. The lowest BCUT2D eigenvalue weighted by atomic mass is 10.1. The molecule has 0 bridgehead atoms. The minimum Gasteiger partial charge on any atom is -0.377 e. The maximum atomic E-state index is 11.5. The van der Waals surface area contributed by atoms with Crippen LogP contribution in [0.3, 0.4) is 0 Å². The molecule has 0 unspecified atom stereocenters. The summed E-state index contributed by atoms with van der Waals surface area (Å²) in [5.74, 6) is 0.738. The van der Waals surface area contributed by atoms with E-state index in [0.717, 1.165) is 51.6 Å². The van der Waals surface area contributed by atoms with Crippen molar-refractivity contribution in [1.82, 2.24) is 20.3 Å². The molecule has 10 heteroatoms. The van der Waals surface area contributed by atoms with Crippen LogP contribution in [0.4, 0.5) is 0 Å². The van der Waals surface area contributed by atoms with Crippen LogP contribution in [0.15, 0.2) is 4.99 Å². The second-order valence-corrected chi connectivity index (χ2v) is 9.88. The summed E-state index contributed by atoms with van der Waals surface area (Å²) in [6, 6.07) is 0.371. The quantitative estimate of drug-likeness (QED) is 0.223. The Labute approximate surface area is 188 Å². The maximum Gasteiger partial charge on any atom is 0.209 e. The van der Waals surface area contributed by atoms with Gasteiger partial charge in [-0.15, -0.1) is 24.0 Å². The van der Waals surface area contributed by atoms with Crippen molar-refractivity contribution in [3.63, 3.8) is 0 Å². The van der Waals surface area contributed by atoms with Crippen LogP contribution >= 0.6 is 24.0 Å². The Morgan fingerprint density at radius 1 is 1.29 bits per heavy atom. The molecule has 1 saturated heterocycles. The van der Waals surface area contributed by atoms with E-state index in [9.17, 15) is 8.42 Å². The van der Waals surface area contributed by atoms with Crippen molar-refractivity contribution < 1.29 is 13.2 Å². The molecule has 8 nitrogen and oxygen atoms in total. The van der Waals surface area contributed by atoms with Crippen LogP contribution in [-0.2, 0) is 14.8 Å². The number of aliphatic imine (C=N–C) groups is 1. The van der Waals surface area contributed by atoms with Crippen molar-refractivity contribution >= 4 is 40.0 Å². The topological polar surface area (TPSA) is 95.1 Å². The summed E-state index contributed by atoms with van der Waals surface area (Å²) in [4.78, 5) is 7.02. The molecular formula is C18H40IN5O3S. The van der Waals surface area contributed by atoms with Crippen molar-refractivity contribution in [3.8, 4) is 0 Å². The predicted octanol–water partition coefficient (Wildman–Crippen LogP) is 1.38. The van der Waals surface area contributed by atoms with Crippen molar-refractivity contribution in [2.45, 2.75) is 65.1 Å². The highest BCUT2D eigenvalue weighted by Gasteiger charge is 2.23. The van der Waals surface area contributed by atoms with Crippen molar-refractivity contribution in [1.29, 1.82) is 0 Å². The number of hydrogen-bond donors (Lipinski definition) is 3. The Morgan fingerprint density at radius 2 is 1.89 bits per heavy atom. The van der Waals surface area contributed by atoms with Crippen LogP contribution in [0, 0.1) is 0 Å². The van der Waals surface area contributed by atoms with E-state index in [1.54, 1.807) is 0 Å². The number of nitrogens with zero attached hydrogens (tertiary/aromatic N) is 2. The maximum absolute atomic E-state index is 11.5. The van der Waals surface area contributed by atoms with Gasteiger partial charge in [-0.05, 0) is 47.5 Å². The lowest BCUT2D eigenvalue weighted by Gasteiger charge is -2.33. The fourth-order valence-corrected chi connectivity index (χ4v) is 4.11. The van der Waals surface area contributed by atoms with Crippen LogP contribution in [0.5, 0.6) is 0 Å². The predicted molar refractivity (Wildman–Crippen MR) is 127 cm³/mol. The molecule has 0 spiro atoms. The first-order valence-corrected chi connectivity index (χ1v) is 11.8. The fraction of sp³-hybridized carbons (Fsp3) is 0.944. The second-order valence-electron chi connectivity index (χ2n) is 8.13. The Bertz CT molecular complexity index is 562. The smallest absolute Gasteiger partial charge is 0.209 e. The van der Waals surface area contributed by atoms with Crippen LogP contribution in [0.25, 0.3) is 0 Å². The number of rotatable bonds is 10. The normalized spacial score (nSPS) is 17.5. The van der Waals surface area contributed by atoms with Gasteiger partial charge in [0.25, 0.3) is 0 Å². The molecule has 1 heterocycles. The van der Waals surface area contributed by atoms with Crippen LogP contribution < -0.4 is 15.4 Å². The molecule has 28 heavy (non-hydrogen) atoms. The fourth-order valence-electron chi connectivity index (χ4n) is 3.04. The molecule has 0 amide bonds. The van der Waals surface area contributed by atoms with E-state index in [4.69, 9.17) is 4.74 Å². The molecule has 1 fully saturated rings. The monoisotopic (exact) mass is 533 g/mol. The molecule has 1 rings (SSSR count). The zero-order chi connectivity index (χ0) is 20.5. The molecule has 0 aromatic carbocycles. The Kier molecular flexibility index (Phi) is 13.1. The van der Waals surface area contributed by atoms with Crippen molar-refractivity contribution in [3.05, 3.63) is 0 Å². The first-order chi connectivity index (χ1) is 12.5. The number of hydrogen-bond acceptors (Lipinski definition) is 5.